The van der Waals surface area contributed by atoms with Crippen LogP contribution in [0.25, 0.3) is 0 Å². The number of rotatable bonds is 1. The van der Waals surface area contributed by atoms with E-state index in [4.69, 9.17) is 5.41 Å². The maximum absolute atomic E-state index is 11.5. The molecule has 0 radical (unpaired) electrons. The summed E-state index contributed by atoms with van der Waals surface area (Å²) < 4.78 is 0. The summed E-state index contributed by atoms with van der Waals surface area (Å²) >= 11 is 0. The van der Waals surface area contributed by atoms with Gasteiger partial charge in [-0.2, -0.15) is 0 Å². The summed E-state index contributed by atoms with van der Waals surface area (Å²) in [6.45, 7) is 4.00. The first-order valence-electron chi connectivity index (χ1n) is 4.77. The minimum absolute atomic E-state index is 0.0975. The molecule has 0 aromatic rings. The molecular weight excluding hydrogens is 166 g/mol. The van der Waals surface area contributed by atoms with Crippen molar-refractivity contribution in [2.45, 2.75) is 44.7 Å². The van der Waals surface area contributed by atoms with Gasteiger partial charge in [0.2, 0.25) is 0 Å². The zero-order valence-corrected chi connectivity index (χ0v) is 8.05. The average molecular weight is 181 g/mol. The van der Waals surface area contributed by atoms with E-state index >= 15 is 0 Å². The van der Waals surface area contributed by atoms with Crippen molar-refractivity contribution >= 4 is 11.9 Å². The molecule has 2 aliphatic rings. The molecule has 1 spiro atoms. The van der Waals surface area contributed by atoms with Gasteiger partial charge in [-0.05, 0) is 33.1 Å². The molecule has 0 atom stereocenters. The first-order chi connectivity index (χ1) is 6.08. The van der Waals surface area contributed by atoms with Crippen LogP contribution in [0.2, 0.25) is 0 Å². The Morgan fingerprint density at radius 2 is 2.15 bits per heavy atom. The maximum Gasteiger partial charge on any atom is 0.323 e. The number of urea groups is 1. The van der Waals surface area contributed by atoms with Gasteiger partial charge >= 0.3 is 6.03 Å². The van der Waals surface area contributed by atoms with Crippen LogP contribution in [0.15, 0.2) is 0 Å². The number of hydrogen-bond acceptors (Lipinski definition) is 2. The molecule has 2 N–H and O–H groups in total. The molecule has 4 heteroatoms. The van der Waals surface area contributed by atoms with Crippen LogP contribution in [0.3, 0.4) is 0 Å². The average Bonchev–Trinajstić information content (AvgIpc) is 2.19. The topological polar surface area (TPSA) is 56.2 Å². The van der Waals surface area contributed by atoms with Gasteiger partial charge in [-0.15, -0.1) is 0 Å². The van der Waals surface area contributed by atoms with Gasteiger partial charge in [0.15, 0.2) is 0 Å². The molecule has 0 unspecified atom stereocenters. The molecule has 13 heavy (non-hydrogen) atoms. The molecule has 4 nitrogen and oxygen atoms in total. The van der Waals surface area contributed by atoms with Crippen LogP contribution >= 0.6 is 0 Å². The van der Waals surface area contributed by atoms with Crippen molar-refractivity contribution in [1.82, 2.24) is 10.2 Å². The molecule has 72 valence electrons. The third kappa shape index (κ3) is 0.913. The first-order valence-corrected chi connectivity index (χ1v) is 4.77. The highest BCUT2D eigenvalue weighted by atomic mass is 16.2. The Balaban J connectivity index is 2.32. The van der Waals surface area contributed by atoms with Gasteiger partial charge in [-0.3, -0.25) is 10.7 Å². The summed E-state index contributed by atoms with van der Waals surface area (Å²) in [7, 11) is 0. The van der Waals surface area contributed by atoms with E-state index in [2.05, 4.69) is 5.32 Å². The van der Waals surface area contributed by atoms with E-state index in [-0.39, 0.29) is 17.6 Å². The van der Waals surface area contributed by atoms with E-state index in [9.17, 15) is 4.79 Å². The van der Waals surface area contributed by atoms with Gasteiger partial charge in [0, 0.05) is 6.04 Å². The molecule has 1 saturated heterocycles. The van der Waals surface area contributed by atoms with Crippen molar-refractivity contribution < 1.29 is 4.79 Å². The standard InChI is InChI=1S/C9H15N3O/c1-6(2)12-8(13)11-7(10)9(12)4-3-5-9/h6H,3-5H2,1-2H3,(H2,10,11,13). The lowest BCUT2D eigenvalue weighted by Crippen LogP contribution is -2.56. The molecule has 2 rings (SSSR count). The fourth-order valence-electron chi connectivity index (χ4n) is 2.33. The molecule has 1 saturated carbocycles. The largest absolute Gasteiger partial charge is 0.323 e. The summed E-state index contributed by atoms with van der Waals surface area (Å²) in [6.07, 6.45) is 3.02. The molecule has 0 bridgehead atoms. The molecule has 0 aromatic heterocycles. The Kier molecular flexibility index (Phi) is 1.62. The van der Waals surface area contributed by atoms with E-state index in [1.807, 2.05) is 18.7 Å². The number of amidine groups is 1. The molecule has 2 fully saturated rings. The lowest BCUT2D eigenvalue weighted by atomic mass is 9.75. The van der Waals surface area contributed by atoms with Crippen LogP contribution in [0.4, 0.5) is 4.79 Å². The van der Waals surface area contributed by atoms with Gasteiger partial charge < -0.3 is 4.90 Å². The van der Waals surface area contributed by atoms with Crippen LogP contribution in [-0.4, -0.2) is 28.3 Å². The number of carbonyl (C=O) groups excluding carboxylic acids is 1. The molecule has 1 aliphatic heterocycles. The second kappa shape index (κ2) is 2.47. The van der Waals surface area contributed by atoms with Crippen LogP contribution in [0.1, 0.15) is 33.1 Å². The second-order valence-corrected chi connectivity index (χ2v) is 4.15. The molecule has 0 aromatic carbocycles. The minimum Gasteiger partial charge on any atom is -0.309 e. The van der Waals surface area contributed by atoms with Gasteiger partial charge in [0.25, 0.3) is 0 Å². The Morgan fingerprint density at radius 1 is 1.54 bits per heavy atom. The van der Waals surface area contributed by atoms with Crippen molar-refractivity contribution in [1.29, 1.82) is 5.41 Å². The van der Waals surface area contributed by atoms with Crippen LogP contribution < -0.4 is 5.32 Å². The van der Waals surface area contributed by atoms with Gasteiger partial charge in [0.1, 0.15) is 11.4 Å². The lowest BCUT2D eigenvalue weighted by Gasteiger charge is -2.45. The first kappa shape index (κ1) is 8.53. The zero-order valence-electron chi connectivity index (χ0n) is 8.05. The smallest absolute Gasteiger partial charge is 0.309 e. The zero-order chi connectivity index (χ0) is 9.64. The number of nitrogens with one attached hydrogen (secondary N) is 2. The molecule has 1 heterocycles. The van der Waals surface area contributed by atoms with E-state index in [0.29, 0.717) is 5.84 Å². The summed E-state index contributed by atoms with van der Waals surface area (Å²) in [4.78, 5) is 13.3. The van der Waals surface area contributed by atoms with E-state index < -0.39 is 0 Å². The number of hydrogen-bond donors (Lipinski definition) is 2. The Bertz CT molecular complexity index is 268. The van der Waals surface area contributed by atoms with Crippen LogP contribution in [0.5, 0.6) is 0 Å². The molecule has 1 aliphatic carbocycles. The fourth-order valence-corrected chi connectivity index (χ4v) is 2.33. The number of nitrogens with zero attached hydrogens (tertiary/aromatic N) is 1. The normalized spacial score (nSPS) is 25.3. The Morgan fingerprint density at radius 3 is 2.46 bits per heavy atom. The second-order valence-electron chi connectivity index (χ2n) is 4.15. The monoisotopic (exact) mass is 181 g/mol. The highest BCUT2D eigenvalue weighted by molar-refractivity contribution is 6.09. The highest BCUT2D eigenvalue weighted by Crippen LogP contribution is 2.42. The highest BCUT2D eigenvalue weighted by Gasteiger charge is 2.54. The lowest BCUT2D eigenvalue weighted by molar-refractivity contribution is 0.0966. The minimum atomic E-state index is -0.259. The third-order valence-electron chi connectivity index (χ3n) is 3.07. The molecular formula is C9H15N3O. The van der Waals surface area contributed by atoms with E-state index in [0.717, 1.165) is 19.3 Å². The fraction of sp³-hybridized carbons (Fsp3) is 0.778. The van der Waals surface area contributed by atoms with Gasteiger partial charge in [-0.1, -0.05) is 0 Å². The number of amides is 2. The molecule has 2 amide bonds. The van der Waals surface area contributed by atoms with Crippen molar-refractivity contribution in [2.24, 2.45) is 0 Å². The van der Waals surface area contributed by atoms with Crippen LogP contribution in [-0.2, 0) is 0 Å². The van der Waals surface area contributed by atoms with Crippen LogP contribution in [0, 0.1) is 5.41 Å². The quantitative estimate of drug-likeness (QED) is 0.629. The van der Waals surface area contributed by atoms with Crippen molar-refractivity contribution in [3.8, 4) is 0 Å². The predicted octanol–water partition coefficient (Wildman–Crippen LogP) is 1.32. The van der Waals surface area contributed by atoms with Gasteiger partial charge in [0.05, 0.1) is 0 Å². The van der Waals surface area contributed by atoms with Gasteiger partial charge in [-0.25, -0.2) is 4.79 Å². The summed E-state index contributed by atoms with van der Waals surface area (Å²) in [5.41, 5.74) is -0.259. The number of carbonyl (C=O) groups is 1. The maximum atomic E-state index is 11.5. The Labute approximate surface area is 77.8 Å². The third-order valence-corrected chi connectivity index (χ3v) is 3.07. The SMILES string of the molecule is CC(C)N1C(=O)NC(=N)C12CCC2. The van der Waals surface area contributed by atoms with Crippen molar-refractivity contribution in [2.75, 3.05) is 0 Å². The summed E-state index contributed by atoms with van der Waals surface area (Å²) in [6, 6.07) is 0.0860. The van der Waals surface area contributed by atoms with Crippen molar-refractivity contribution in [3.63, 3.8) is 0 Å². The van der Waals surface area contributed by atoms with Crippen molar-refractivity contribution in [3.05, 3.63) is 0 Å². The van der Waals surface area contributed by atoms with E-state index in [1.54, 1.807) is 0 Å². The Hall–Kier alpha value is -1.06. The summed E-state index contributed by atoms with van der Waals surface area (Å²) in [5, 5.41) is 10.3. The summed E-state index contributed by atoms with van der Waals surface area (Å²) in [5.74, 6) is 0.400. The predicted molar refractivity (Wildman–Crippen MR) is 49.8 cm³/mol. The van der Waals surface area contributed by atoms with E-state index in [1.165, 1.54) is 0 Å².